The van der Waals surface area contributed by atoms with Gasteiger partial charge in [-0.25, -0.2) is 13.0 Å². The highest BCUT2D eigenvalue weighted by atomic mass is 32.2. The lowest BCUT2D eigenvalue weighted by molar-refractivity contribution is -0.696. The molecule has 1 heterocycles. The van der Waals surface area contributed by atoms with Crippen LogP contribution in [0.1, 0.15) is 76.7 Å². The monoisotopic (exact) mass is 408 g/mol. The van der Waals surface area contributed by atoms with Crippen molar-refractivity contribution in [2.45, 2.75) is 89.5 Å². The Morgan fingerprint density at radius 2 is 1.43 bits per heavy atom. The molecule has 6 heteroatoms. The number of nitrogens with zero attached hydrogens (tertiary/aromatic N) is 1. The lowest BCUT2D eigenvalue weighted by Crippen LogP contribution is -2.30. The molecule has 2 aromatic rings. The fourth-order valence-electron chi connectivity index (χ4n) is 2.95. The summed E-state index contributed by atoms with van der Waals surface area (Å²) < 4.78 is 33.4. The molecule has 0 saturated carbocycles. The smallest absolute Gasteiger partial charge is 0.241 e. The Labute approximate surface area is 171 Å². The molecule has 1 aromatic carbocycles. The van der Waals surface area contributed by atoms with Crippen molar-refractivity contribution in [2.75, 3.05) is 0 Å². The van der Waals surface area contributed by atoms with Crippen LogP contribution < -0.4 is 4.57 Å². The number of nitrogens with one attached hydrogen (secondary N) is 1. The zero-order valence-electron chi connectivity index (χ0n) is 17.4. The van der Waals surface area contributed by atoms with Gasteiger partial charge < -0.3 is 4.55 Å². The van der Waals surface area contributed by atoms with Crippen molar-refractivity contribution in [1.82, 2.24) is 4.98 Å². The molecule has 5 nitrogen and oxygen atoms in total. The zero-order valence-corrected chi connectivity index (χ0v) is 18.2. The molecule has 0 spiro atoms. The standard InChI is InChI=1S/C15H28N2.C7H8O3S/c1-2-3-4-5-6-7-8-9-10-11-13-17-14-12-16-15-17;1-6-2-4-7(5-3-6)11(8,9)10/h12,14-15H,2-11,13H2,1H3;2-5H,1H3,(H,8,9,10). The second-order valence-corrected chi connectivity index (χ2v) is 8.68. The molecule has 0 fully saturated rings. The average molecular weight is 409 g/mol. The molecule has 0 bridgehead atoms. The number of rotatable bonds is 12. The summed E-state index contributed by atoms with van der Waals surface area (Å²) in [5.41, 5.74) is 0.928. The number of benzene rings is 1. The van der Waals surface area contributed by atoms with Gasteiger partial charge in [-0.15, -0.1) is 0 Å². The Morgan fingerprint density at radius 1 is 0.893 bits per heavy atom. The molecule has 28 heavy (non-hydrogen) atoms. The van der Waals surface area contributed by atoms with Crippen LogP contribution in [0.4, 0.5) is 0 Å². The Morgan fingerprint density at radius 3 is 1.89 bits per heavy atom. The van der Waals surface area contributed by atoms with E-state index in [2.05, 4.69) is 22.7 Å². The number of H-pyrrole nitrogens is 1. The van der Waals surface area contributed by atoms with Crippen molar-refractivity contribution in [2.24, 2.45) is 0 Å². The van der Waals surface area contributed by atoms with E-state index < -0.39 is 10.1 Å². The highest BCUT2D eigenvalue weighted by molar-refractivity contribution is 7.85. The molecule has 0 aliphatic rings. The number of aromatic amines is 1. The van der Waals surface area contributed by atoms with Crippen LogP contribution in [0.2, 0.25) is 0 Å². The van der Waals surface area contributed by atoms with Crippen LogP contribution in [0, 0.1) is 6.92 Å². The van der Waals surface area contributed by atoms with Crippen LogP contribution in [-0.2, 0) is 16.7 Å². The number of unbranched alkanes of at least 4 members (excludes halogenated alkanes) is 9. The highest BCUT2D eigenvalue weighted by Gasteiger charge is 1.98. The van der Waals surface area contributed by atoms with Crippen LogP contribution >= 0.6 is 0 Å². The molecule has 0 aliphatic heterocycles. The minimum Gasteiger partial charge on any atom is -0.744 e. The van der Waals surface area contributed by atoms with Gasteiger partial charge in [0.05, 0.1) is 11.4 Å². The largest absolute Gasteiger partial charge is 0.744 e. The fraction of sp³-hybridized carbons (Fsp3) is 0.591. The van der Waals surface area contributed by atoms with E-state index in [1.165, 1.54) is 82.9 Å². The van der Waals surface area contributed by atoms with E-state index in [1.54, 1.807) is 12.1 Å². The third kappa shape index (κ3) is 11.9. The third-order valence-corrected chi connectivity index (χ3v) is 5.53. The topological polar surface area (TPSA) is 76.9 Å². The molecule has 2 rings (SSSR count). The highest BCUT2D eigenvalue weighted by Crippen LogP contribution is 2.10. The van der Waals surface area contributed by atoms with Gasteiger partial charge in [-0.2, -0.15) is 0 Å². The van der Waals surface area contributed by atoms with Crippen molar-refractivity contribution < 1.29 is 17.5 Å². The van der Waals surface area contributed by atoms with Crippen molar-refractivity contribution in [3.05, 3.63) is 48.5 Å². The van der Waals surface area contributed by atoms with Crippen LogP contribution in [0.3, 0.4) is 0 Å². The first kappa shape index (κ1) is 24.4. The first-order chi connectivity index (χ1) is 13.4. The Kier molecular flexibility index (Phi) is 12.5. The summed E-state index contributed by atoms with van der Waals surface area (Å²) in [5.74, 6) is 0. The van der Waals surface area contributed by atoms with Gasteiger partial charge in [0.1, 0.15) is 22.5 Å². The molecule has 0 aliphatic carbocycles. The van der Waals surface area contributed by atoms with Gasteiger partial charge in [-0.3, -0.25) is 4.98 Å². The van der Waals surface area contributed by atoms with E-state index in [4.69, 9.17) is 0 Å². The Hall–Kier alpha value is -1.66. The second kappa shape index (κ2) is 14.4. The summed E-state index contributed by atoms with van der Waals surface area (Å²) in [7, 11) is -4.27. The van der Waals surface area contributed by atoms with Gasteiger partial charge in [0.2, 0.25) is 6.33 Å². The van der Waals surface area contributed by atoms with E-state index in [9.17, 15) is 13.0 Å². The van der Waals surface area contributed by atoms with Gasteiger partial charge in [-0.05, 0) is 31.9 Å². The predicted octanol–water partition coefficient (Wildman–Crippen LogP) is 5.12. The first-order valence-corrected chi connectivity index (χ1v) is 11.9. The van der Waals surface area contributed by atoms with E-state index in [-0.39, 0.29) is 4.90 Å². The van der Waals surface area contributed by atoms with Crippen LogP contribution in [0.25, 0.3) is 0 Å². The Balaban J connectivity index is 0.000000307. The summed E-state index contributed by atoms with van der Waals surface area (Å²) in [4.78, 5) is 2.90. The molecular weight excluding hydrogens is 372 g/mol. The summed E-state index contributed by atoms with van der Waals surface area (Å²) >= 11 is 0. The van der Waals surface area contributed by atoms with Gasteiger partial charge >= 0.3 is 0 Å². The summed E-state index contributed by atoms with van der Waals surface area (Å²) in [6.07, 6.45) is 20.2. The molecule has 1 aromatic heterocycles. The molecule has 0 atom stereocenters. The van der Waals surface area contributed by atoms with Gasteiger partial charge in [0.15, 0.2) is 0 Å². The number of aromatic nitrogens is 2. The summed E-state index contributed by atoms with van der Waals surface area (Å²) in [5, 5.41) is 0. The predicted molar refractivity (Wildman–Crippen MR) is 112 cm³/mol. The Bertz CT molecular complexity index is 711. The third-order valence-electron chi connectivity index (χ3n) is 4.68. The number of hydrogen-bond donors (Lipinski definition) is 1. The second-order valence-electron chi connectivity index (χ2n) is 7.30. The lowest BCUT2D eigenvalue weighted by Gasteiger charge is -2.05. The van der Waals surface area contributed by atoms with Crippen molar-refractivity contribution >= 4 is 10.1 Å². The quantitative estimate of drug-likeness (QED) is 0.301. The maximum Gasteiger partial charge on any atom is 0.241 e. The van der Waals surface area contributed by atoms with Gasteiger partial charge in [-0.1, -0.05) is 76.0 Å². The first-order valence-electron chi connectivity index (χ1n) is 10.5. The van der Waals surface area contributed by atoms with Crippen LogP contribution in [0.15, 0.2) is 47.9 Å². The minimum atomic E-state index is -4.27. The molecule has 0 radical (unpaired) electrons. The molecule has 1 N–H and O–H groups in total. The van der Waals surface area contributed by atoms with E-state index in [0.717, 1.165) is 5.56 Å². The number of imidazole rings is 1. The molecule has 0 saturated heterocycles. The van der Waals surface area contributed by atoms with Crippen LogP contribution in [0.5, 0.6) is 0 Å². The maximum absolute atomic E-state index is 10.4. The lowest BCUT2D eigenvalue weighted by atomic mass is 10.1. The minimum absolute atomic E-state index is 0.178. The molecule has 0 amide bonds. The van der Waals surface area contributed by atoms with Crippen LogP contribution in [-0.4, -0.2) is 18.0 Å². The van der Waals surface area contributed by atoms with Gasteiger partial charge in [0, 0.05) is 0 Å². The summed E-state index contributed by atoms with van der Waals surface area (Å²) in [6.45, 7) is 5.27. The van der Waals surface area contributed by atoms with Crippen molar-refractivity contribution in [3.63, 3.8) is 0 Å². The molecule has 158 valence electrons. The molecular formula is C22H36N2O3S. The van der Waals surface area contributed by atoms with E-state index in [0.29, 0.717) is 0 Å². The van der Waals surface area contributed by atoms with E-state index in [1.807, 2.05) is 19.4 Å². The average Bonchev–Trinajstić information content (AvgIpc) is 3.17. The van der Waals surface area contributed by atoms with Crippen molar-refractivity contribution in [3.8, 4) is 0 Å². The normalized spacial score (nSPS) is 11.1. The number of hydrogen-bond acceptors (Lipinski definition) is 3. The maximum atomic E-state index is 10.4. The number of aryl methyl sites for hydroxylation is 2. The van der Waals surface area contributed by atoms with Crippen molar-refractivity contribution in [1.29, 1.82) is 0 Å². The SMILES string of the molecule is CCCCCCCCCCCC[n+]1cc[nH]c1.Cc1ccc(S(=O)(=O)[O-])cc1. The zero-order chi connectivity index (χ0) is 20.7. The molecule has 0 unspecified atom stereocenters. The van der Waals surface area contributed by atoms with E-state index >= 15 is 0 Å². The van der Waals surface area contributed by atoms with Gasteiger partial charge in [0.25, 0.3) is 0 Å². The fourth-order valence-corrected chi connectivity index (χ4v) is 3.42. The summed E-state index contributed by atoms with van der Waals surface area (Å²) in [6, 6.07) is 5.78.